The fourth-order valence-electron chi connectivity index (χ4n) is 2.37. The third-order valence-electron chi connectivity index (χ3n) is 3.51. The average Bonchev–Trinajstić information content (AvgIpc) is 2.48. The van der Waals surface area contributed by atoms with Gasteiger partial charge in [0, 0.05) is 17.1 Å². The highest BCUT2D eigenvalue weighted by Crippen LogP contribution is 2.30. The van der Waals surface area contributed by atoms with E-state index in [2.05, 4.69) is 0 Å². The van der Waals surface area contributed by atoms with Gasteiger partial charge in [-0.1, -0.05) is 6.07 Å². The largest absolute Gasteiger partial charge is 0.494 e. The Balaban J connectivity index is 2.10. The molecule has 0 aliphatic carbocycles. The molecule has 0 unspecified atom stereocenters. The second-order valence-corrected chi connectivity index (χ2v) is 8.53. The van der Waals surface area contributed by atoms with E-state index in [-0.39, 0.29) is 23.0 Å². The lowest BCUT2D eigenvalue weighted by molar-refractivity contribution is 0.305. The van der Waals surface area contributed by atoms with E-state index in [1.165, 1.54) is 12.1 Å². The van der Waals surface area contributed by atoms with E-state index in [9.17, 15) is 21.4 Å². The zero-order valence-corrected chi connectivity index (χ0v) is 14.9. The second-order valence-electron chi connectivity index (χ2n) is 5.57. The Morgan fingerprint density at radius 1 is 0.960 bits per heavy atom. The van der Waals surface area contributed by atoms with Crippen molar-refractivity contribution in [2.75, 3.05) is 18.1 Å². The Kier molecular flexibility index (Phi) is 5.88. The Morgan fingerprint density at radius 2 is 1.68 bits per heavy atom. The highest BCUT2D eigenvalue weighted by molar-refractivity contribution is 7.86. The van der Waals surface area contributed by atoms with Crippen LogP contribution >= 0.6 is 0 Å². The summed E-state index contributed by atoms with van der Waals surface area (Å²) in [5.74, 6) is -0.0446. The van der Waals surface area contributed by atoms with E-state index in [1.807, 2.05) is 0 Å². The van der Waals surface area contributed by atoms with Gasteiger partial charge in [0.1, 0.15) is 10.6 Å². The van der Waals surface area contributed by atoms with Gasteiger partial charge < -0.3 is 10.5 Å². The molecule has 0 amide bonds. The van der Waals surface area contributed by atoms with Gasteiger partial charge in [-0.25, -0.2) is 0 Å². The fourth-order valence-corrected chi connectivity index (χ4v) is 3.65. The van der Waals surface area contributed by atoms with Crippen LogP contribution < -0.4 is 10.5 Å². The highest BCUT2D eigenvalue weighted by Gasteiger charge is 2.16. The summed E-state index contributed by atoms with van der Waals surface area (Å²) in [7, 11) is -8.41. The van der Waals surface area contributed by atoms with Crippen molar-refractivity contribution in [1.29, 1.82) is 0 Å². The van der Waals surface area contributed by atoms with Crippen LogP contribution in [0, 0.1) is 0 Å². The topological polar surface area (TPSA) is 144 Å². The molecule has 0 fully saturated rings. The molecule has 0 saturated heterocycles. The predicted octanol–water partition coefficient (Wildman–Crippen LogP) is 2.11. The van der Waals surface area contributed by atoms with Crippen molar-refractivity contribution in [3.05, 3.63) is 30.3 Å². The summed E-state index contributed by atoms with van der Waals surface area (Å²) in [6.07, 6.45) is 1.35. The Labute approximate surface area is 146 Å². The molecule has 10 heteroatoms. The van der Waals surface area contributed by atoms with Crippen LogP contribution in [0.2, 0.25) is 0 Å². The van der Waals surface area contributed by atoms with Crippen LogP contribution in [0.5, 0.6) is 5.75 Å². The molecular weight excluding hydrogens is 370 g/mol. The first-order chi connectivity index (χ1) is 11.6. The van der Waals surface area contributed by atoms with Gasteiger partial charge in [0.15, 0.2) is 0 Å². The number of nitrogen functional groups attached to an aromatic ring is 1. The van der Waals surface area contributed by atoms with Crippen molar-refractivity contribution >= 4 is 36.7 Å². The van der Waals surface area contributed by atoms with E-state index in [1.54, 1.807) is 18.2 Å². The SMILES string of the molecule is Nc1ccc2cc(OCCCCCS(=O)(=O)O)cc(S(=O)(=O)O)c2c1. The molecule has 0 radical (unpaired) electrons. The summed E-state index contributed by atoms with van der Waals surface area (Å²) in [6, 6.07) is 7.53. The van der Waals surface area contributed by atoms with E-state index in [4.69, 9.17) is 15.0 Å². The first kappa shape index (κ1) is 19.4. The van der Waals surface area contributed by atoms with E-state index >= 15 is 0 Å². The maximum absolute atomic E-state index is 11.6. The summed E-state index contributed by atoms with van der Waals surface area (Å²) >= 11 is 0. The Hall–Kier alpha value is -1.88. The number of nitrogens with two attached hydrogens (primary N) is 1. The third-order valence-corrected chi connectivity index (χ3v) is 5.21. The van der Waals surface area contributed by atoms with Gasteiger partial charge in [-0.2, -0.15) is 16.8 Å². The summed E-state index contributed by atoms with van der Waals surface area (Å²) in [5.41, 5.74) is 6.03. The molecule has 0 bridgehead atoms. The molecule has 2 aromatic rings. The van der Waals surface area contributed by atoms with Gasteiger partial charge in [0.05, 0.1) is 12.4 Å². The zero-order chi connectivity index (χ0) is 18.7. The molecule has 2 rings (SSSR count). The Bertz CT molecular complexity index is 969. The predicted molar refractivity (Wildman–Crippen MR) is 93.9 cm³/mol. The van der Waals surface area contributed by atoms with E-state index < -0.39 is 20.2 Å². The monoisotopic (exact) mass is 389 g/mol. The molecule has 0 atom stereocenters. The number of hydrogen-bond donors (Lipinski definition) is 3. The number of hydrogen-bond acceptors (Lipinski definition) is 6. The van der Waals surface area contributed by atoms with Crippen LogP contribution in [0.25, 0.3) is 10.8 Å². The highest BCUT2D eigenvalue weighted by atomic mass is 32.2. The molecule has 2 aromatic carbocycles. The summed E-state index contributed by atoms with van der Waals surface area (Å²) < 4.78 is 67.9. The van der Waals surface area contributed by atoms with Gasteiger partial charge in [0.2, 0.25) is 0 Å². The van der Waals surface area contributed by atoms with E-state index in [0.717, 1.165) is 0 Å². The molecule has 0 aromatic heterocycles. The van der Waals surface area contributed by atoms with Crippen LogP contribution in [-0.2, 0) is 20.2 Å². The number of fused-ring (bicyclic) bond motifs is 1. The molecular formula is C15H19NO7S2. The van der Waals surface area contributed by atoms with Crippen molar-refractivity contribution in [1.82, 2.24) is 0 Å². The molecule has 4 N–H and O–H groups in total. The van der Waals surface area contributed by atoms with Gasteiger partial charge in [0.25, 0.3) is 20.2 Å². The molecule has 0 spiro atoms. The number of anilines is 1. The summed E-state index contributed by atoms with van der Waals surface area (Å²) in [4.78, 5) is -0.293. The van der Waals surface area contributed by atoms with Crippen LogP contribution in [0.4, 0.5) is 5.69 Å². The number of ether oxygens (including phenoxy) is 1. The number of rotatable bonds is 8. The quantitative estimate of drug-likeness (QED) is 0.354. The van der Waals surface area contributed by atoms with Crippen LogP contribution in [0.1, 0.15) is 19.3 Å². The maximum Gasteiger partial charge on any atom is 0.295 e. The lowest BCUT2D eigenvalue weighted by atomic mass is 10.1. The first-order valence-electron chi connectivity index (χ1n) is 7.45. The van der Waals surface area contributed by atoms with Crippen molar-refractivity contribution in [3.8, 4) is 5.75 Å². The standard InChI is InChI=1S/C15H19NO7S2/c16-12-5-4-11-8-13(10-15(14(11)9-12)25(20,21)22)23-6-2-1-3-7-24(17,18)19/h4-5,8-10H,1-3,6-7,16H2,(H,17,18,19)(H,20,21,22). The lowest BCUT2D eigenvalue weighted by Gasteiger charge is -2.11. The third kappa shape index (κ3) is 5.85. The molecule has 138 valence electrons. The smallest absolute Gasteiger partial charge is 0.295 e. The van der Waals surface area contributed by atoms with E-state index in [0.29, 0.717) is 35.7 Å². The molecule has 0 aliphatic heterocycles. The zero-order valence-electron chi connectivity index (χ0n) is 13.3. The van der Waals surface area contributed by atoms with Crippen molar-refractivity contribution in [2.45, 2.75) is 24.2 Å². The van der Waals surface area contributed by atoms with Crippen LogP contribution in [-0.4, -0.2) is 38.3 Å². The van der Waals surface area contributed by atoms with Gasteiger partial charge in [-0.3, -0.25) is 9.11 Å². The van der Waals surface area contributed by atoms with Crippen LogP contribution in [0.15, 0.2) is 35.2 Å². The minimum absolute atomic E-state index is 0.233. The first-order valence-corrected chi connectivity index (χ1v) is 10.5. The summed E-state index contributed by atoms with van der Waals surface area (Å²) in [6.45, 7) is 0.233. The van der Waals surface area contributed by atoms with Gasteiger partial charge in [-0.15, -0.1) is 0 Å². The molecule has 0 saturated carbocycles. The lowest BCUT2D eigenvalue weighted by Crippen LogP contribution is -2.05. The minimum atomic E-state index is -4.45. The number of benzene rings is 2. The summed E-state index contributed by atoms with van der Waals surface area (Å²) in [5, 5.41) is 0.841. The van der Waals surface area contributed by atoms with Gasteiger partial charge >= 0.3 is 0 Å². The molecule has 8 nitrogen and oxygen atoms in total. The Morgan fingerprint density at radius 3 is 2.32 bits per heavy atom. The molecule has 0 aliphatic rings. The second kappa shape index (κ2) is 7.56. The normalized spacial score (nSPS) is 12.4. The van der Waals surface area contributed by atoms with Crippen LogP contribution in [0.3, 0.4) is 0 Å². The number of unbranched alkanes of at least 4 members (excludes halogenated alkanes) is 2. The molecule has 0 heterocycles. The average molecular weight is 389 g/mol. The van der Waals surface area contributed by atoms with Crippen molar-refractivity contribution < 1.29 is 30.7 Å². The molecule has 25 heavy (non-hydrogen) atoms. The minimum Gasteiger partial charge on any atom is -0.494 e. The fraction of sp³-hybridized carbons (Fsp3) is 0.333. The maximum atomic E-state index is 11.6. The van der Waals surface area contributed by atoms with Gasteiger partial charge in [-0.05, 0) is 42.8 Å². The van der Waals surface area contributed by atoms with Crippen molar-refractivity contribution in [3.63, 3.8) is 0 Å². The van der Waals surface area contributed by atoms with Crippen molar-refractivity contribution in [2.24, 2.45) is 0 Å².